The summed E-state index contributed by atoms with van der Waals surface area (Å²) in [6, 6.07) is 7.30. The standard InChI is InChI=1S/C22H23N3O4/c1-14-9-10-23-12-19(14)24-22(26)8-6-17-5-7-20(21(11-17)27-4)28-13-18-15(2)25-29-16(18)3/h5-12H,13H2,1-4H3,(H,24,26). The van der Waals surface area contributed by atoms with Gasteiger partial charge in [-0.2, -0.15) is 0 Å². The Morgan fingerprint density at radius 2 is 2.03 bits per heavy atom. The van der Waals surface area contributed by atoms with Crippen LogP contribution < -0.4 is 14.8 Å². The highest BCUT2D eigenvalue weighted by Gasteiger charge is 2.12. The van der Waals surface area contributed by atoms with Crippen LogP contribution in [0, 0.1) is 20.8 Å². The molecule has 0 aliphatic carbocycles. The first-order chi connectivity index (χ1) is 14.0. The Kier molecular flexibility index (Phi) is 6.29. The van der Waals surface area contributed by atoms with Crippen molar-refractivity contribution in [3.05, 3.63) is 70.9 Å². The van der Waals surface area contributed by atoms with E-state index in [9.17, 15) is 4.79 Å². The van der Waals surface area contributed by atoms with Crippen molar-refractivity contribution in [1.82, 2.24) is 10.1 Å². The van der Waals surface area contributed by atoms with E-state index in [1.165, 1.54) is 6.08 Å². The van der Waals surface area contributed by atoms with E-state index in [1.54, 1.807) is 31.6 Å². The van der Waals surface area contributed by atoms with E-state index in [1.807, 2.05) is 39.0 Å². The molecular weight excluding hydrogens is 370 g/mol. The van der Waals surface area contributed by atoms with Crippen molar-refractivity contribution >= 4 is 17.7 Å². The Bertz CT molecular complexity index is 1020. The van der Waals surface area contributed by atoms with Crippen LogP contribution in [0.2, 0.25) is 0 Å². The molecule has 3 aromatic rings. The molecule has 2 heterocycles. The zero-order chi connectivity index (χ0) is 20.8. The van der Waals surface area contributed by atoms with Gasteiger partial charge in [0.05, 0.1) is 30.3 Å². The average Bonchev–Trinajstić information content (AvgIpc) is 3.04. The number of hydrogen-bond acceptors (Lipinski definition) is 6. The van der Waals surface area contributed by atoms with Gasteiger partial charge >= 0.3 is 0 Å². The first-order valence-electron chi connectivity index (χ1n) is 9.10. The summed E-state index contributed by atoms with van der Waals surface area (Å²) in [6.45, 7) is 5.97. The van der Waals surface area contributed by atoms with E-state index in [2.05, 4.69) is 15.5 Å². The largest absolute Gasteiger partial charge is 0.493 e. The number of ether oxygens (including phenoxy) is 2. The Hall–Kier alpha value is -3.61. The van der Waals surface area contributed by atoms with Crippen LogP contribution in [0.5, 0.6) is 11.5 Å². The summed E-state index contributed by atoms with van der Waals surface area (Å²) in [5, 5.41) is 6.73. The molecule has 0 spiro atoms. The highest BCUT2D eigenvalue weighted by molar-refractivity contribution is 6.02. The Balaban J connectivity index is 1.67. The third-order valence-electron chi connectivity index (χ3n) is 4.47. The number of rotatable bonds is 7. The van der Waals surface area contributed by atoms with E-state index in [-0.39, 0.29) is 5.91 Å². The van der Waals surface area contributed by atoms with Crippen molar-refractivity contribution in [2.75, 3.05) is 12.4 Å². The third kappa shape index (κ3) is 5.01. The smallest absolute Gasteiger partial charge is 0.248 e. The lowest BCUT2D eigenvalue weighted by Crippen LogP contribution is -2.09. The van der Waals surface area contributed by atoms with E-state index < -0.39 is 0 Å². The molecule has 0 radical (unpaired) electrons. The van der Waals surface area contributed by atoms with Gasteiger partial charge in [0.2, 0.25) is 5.91 Å². The van der Waals surface area contributed by atoms with Gasteiger partial charge in [-0.05, 0) is 56.2 Å². The highest BCUT2D eigenvalue weighted by atomic mass is 16.5. The predicted molar refractivity (Wildman–Crippen MR) is 110 cm³/mol. The normalized spacial score (nSPS) is 10.9. The Labute approximate surface area is 169 Å². The van der Waals surface area contributed by atoms with Gasteiger partial charge < -0.3 is 19.3 Å². The highest BCUT2D eigenvalue weighted by Crippen LogP contribution is 2.30. The molecule has 7 heteroatoms. The molecule has 1 aromatic carbocycles. The number of benzene rings is 1. The minimum absolute atomic E-state index is 0.237. The van der Waals surface area contributed by atoms with E-state index in [0.717, 1.165) is 28.1 Å². The molecule has 1 N–H and O–H groups in total. The minimum Gasteiger partial charge on any atom is -0.493 e. The van der Waals surface area contributed by atoms with Gasteiger partial charge in [0.1, 0.15) is 12.4 Å². The maximum Gasteiger partial charge on any atom is 0.248 e. The number of aromatic nitrogens is 2. The number of carbonyl (C=O) groups is 1. The second-order valence-corrected chi connectivity index (χ2v) is 6.51. The maximum atomic E-state index is 12.2. The SMILES string of the molecule is COc1cc(C=CC(=O)Nc2cnccc2C)ccc1OCc1c(C)noc1C. The second kappa shape index (κ2) is 9.05. The van der Waals surface area contributed by atoms with E-state index >= 15 is 0 Å². The van der Waals surface area contributed by atoms with Crippen LogP contribution in [-0.2, 0) is 11.4 Å². The van der Waals surface area contributed by atoms with Crippen molar-refractivity contribution < 1.29 is 18.8 Å². The molecule has 7 nitrogen and oxygen atoms in total. The first-order valence-corrected chi connectivity index (χ1v) is 9.10. The summed E-state index contributed by atoms with van der Waals surface area (Å²) in [6.07, 6.45) is 6.48. The zero-order valence-electron chi connectivity index (χ0n) is 16.9. The number of hydrogen-bond donors (Lipinski definition) is 1. The number of aryl methyl sites for hydroxylation is 3. The molecular formula is C22H23N3O4. The molecule has 0 unspecified atom stereocenters. The van der Waals surface area contributed by atoms with Crippen LogP contribution in [0.4, 0.5) is 5.69 Å². The maximum absolute atomic E-state index is 12.2. The summed E-state index contributed by atoms with van der Waals surface area (Å²) in [4.78, 5) is 16.2. The molecule has 0 saturated carbocycles. The van der Waals surface area contributed by atoms with Gasteiger partial charge in [0, 0.05) is 12.3 Å². The number of anilines is 1. The molecule has 29 heavy (non-hydrogen) atoms. The van der Waals surface area contributed by atoms with Gasteiger partial charge in [-0.25, -0.2) is 0 Å². The van der Waals surface area contributed by atoms with Crippen molar-refractivity contribution in [3.8, 4) is 11.5 Å². The molecule has 0 aliphatic heterocycles. The summed E-state index contributed by atoms with van der Waals surface area (Å²) in [5.41, 5.74) is 4.16. The topological polar surface area (TPSA) is 86.5 Å². The van der Waals surface area contributed by atoms with Crippen molar-refractivity contribution in [3.63, 3.8) is 0 Å². The summed E-state index contributed by atoms with van der Waals surface area (Å²) >= 11 is 0. The minimum atomic E-state index is -0.237. The van der Waals surface area contributed by atoms with Crippen molar-refractivity contribution in [2.45, 2.75) is 27.4 Å². The van der Waals surface area contributed by atoms with Crippen LogP contribution in [-0.4, -0.2) is 23.2 Å². The van der Waals surface area contributed by atoms with Crippen LogP contribution in [0.15, 0.2) is 47.3 Å². The molecule has 150 valence electrons. The molecule has 0 bridgehead atoms. The van der Waals surface area contributed by atoms with E-state index in [0.29, 0.717) is 23.8 Å². The van der Waals surface area contributed by atoms with Gasteiger partial charge in [-0.1, -0.05) is 11.2 Å². The van der Waals surface area contributed by atoms with Gasteiger partial charge in [-0.3, -0.25) is 9.78 Å². The quantitative estimate of drug-likeness (QED) is 0.605. The van der Waals surface area contributed by atoms with Crippen LogP contribution in [0.25, 0.3) is 6.08 Å². The number of nitrogens with zero attached hydrogens (tertiary/aromatic N) is 2. The number of nitrogens with one attached hydrogen (secondary N) is 1. The fourth-order valence-electron chi connectivity index (χ4n) is 2.71. The predicted octanol–water partition coefficient (Wildman–Crippen LogP) is 4.23. The monoisotopic (exact) mass is 393 g/mol. The van der Waals surface area contributed by atoms with Crippen LogP contribution >= 0.6 is 0 Å². The van der Waals surface area contributed by atoms with E-state index in [4.69, 9.17) is 14.0 Å². The average molecular weight is 393 g/mol. The lowest BCUT2D eigenvalue weighted by atomic mass is 10.1. The van der Waals surface area contributed by atoms with Crippen LogP contribution in [0.1, 0.15) is 28.1 Å². The fourth-order valence-corrected chi connectivity index (χ4v) is 2.71. The van der Waals surface area contributed by atoms with Crippen molar-refractivity contribution in [1.29, 1.82) is 0 Å². The van der Waals surface area contributed by atoms with Gasteiger partial charge in [-0.15, -0.1) is 0 Å². The Morgan fingerprint density at radius 1 is 1.21 bits per heavy atom. The summed E-state index contributed by atoms with van der Waals surface area (Å²) in [7, 11) is 1.57. The number of carbonyl (C=O) groups excluding carboxylic acids is 1. The number of amides is 1. The molecule has 0 saturated heterocycles. The third-order valence-corrected chi connectivity index (χ3v) is 4.47. The summed E-state index contributed by atoms with van der Waals surface area (Å²) in [5.74, 6) is 1.66. The molecule has 2 aromatic heterocycles. The van der Waals surface area contributed by atoms with Crippen molar-refractivity contribution in [2.24, 2.45) is 0 Å². The zero-order valence-corrected chi connectivity index (χ0v) is 16.9. The first kappa shape index (κ1) is 20.1. The van der Waals surface area contributed by atoms with Crippen LogP contribution in [0.3, 0.4) is 0 Å². The second-order valence-electron chi connectivity index (χ2n) is 6.51. The molecule has 0 fully saturated rings. The summed E-state index contributed by atoms with van der Waals surface area (Å²) < 4.78 is 16.5. The number of pyridine rings is 1. The fraction of sp³-hybridized carbons (Fsp3) is 0.227. The Morgan fingerprint density at radius 3 is 2.72 bits per heavy atom. The lowest BCUT2D eigenvalue weighted by Gasteiger charge is -2.11. The van der Waals surface area contributed by atoms with Gasteiger partial charge in [0.15, 0.2) is 11.5 Å². The molecule has 0 aliphatic rings. The molecule has 3 rings (SSSR count). The molecule has 0 atom stereocenters. The number of methoxy groups -OCH3 is 1. The molecule has 1 amide bonds. The lowest BCUT2D eigenvalue weighted by molar-refractivity contribution is -0.111. The van der Waals surface area contributed by atoms with Gasteiger partial charge in [0.25, 0.3) is 0 Å².